The summed E-state index contributed by atoms with van der Waals surface area (Å²) in [5, 5.41) is 6.64. The Kier molecular flexibility index (Phi) is 5.41. The minimum Gasteiger partial charge on any atom is -0.467 e. The molecule has 150 valence electrons. The van der Waals surface area contributed by atoms with Crippen LogP contribution in [-0.4, -0.2) is 28.4 Å². The van der Waals surface area contributed by atoms with Crippen LogP contribution in [0.5, 0.6) is 0 Å². The van der Waals surface area contributed by atoms with Crippen LogP contribution in [0.2, 0.25) is 0 Å². The molecule has 2 amide bonds. The summed E-state index contributed by atoms with van der Waals surface area (Å²) < 4.78 is 23.8. The smallest absolute Gasteiger partial charge is 0.273 e. The number of hydrogen-bond acceptors (Lipinski definition) is 5. The second-order valence-electron chi connectivity index (χ2n) is 7.08. The van der Waals surface area contributed by atoms with Crippen LogP contribution in [0.1, 0.15) is 45.2 Å². The van der Waals surface area contributed by atoms with E-state index in [4.69, 9.17) is 8.94 Å². The van der Waals surface area contributed by atoms with Crippen molar-refractivity contribution in [3.63, 3.8) is 0 Å². The van der Waals surface area contributed by atoms with Crippen LogP contribution in [0.15, 0.2) is 57.7 Å². The van der Waals surface area contributed by atoms with E-state index in [0.717, 1.165) is 12.8 Å². The number of halogens is 1. The topological polar surface area (TPSA) is 88.6 Å². The zero-order valence-electron chi connectivity index (χ0n) is 15.6. The minimum absolute atomic E-state index is 0.0831. The van der Waals surface area contributed by atoms with Crippen LogP contribution in [0.25, 0.3) is 0 Å². The zero-order valence-corrected chi connectivity index (χ0v) is 15.6. The molecule has 0 bridgehead atoms. The second-order valence-corrected chi connectivity index (χ2v) is 7.08. The van der Waals surface area contributed by atoms with E-state index in [-0.39, 0.29) is 30.6 Å². The maximum Gasteiger partial charge on any atom is 0.273 e. The number of hydrogen-bond donors (Lipinski definition) is 1. The third kappa shape index (κ3) is 4.90. The molecule has 1 N–H and O–H groups in total. The Morgan fingerprint density at radius 3 is 2.59 bits per heavy atom. The van der Waals surface area contributed by atoms with E-state index in [9.17, 15) is 14.0 Å². The Hall–Kier alpha value is -3.42. The average molecular weight is 397 g/mol. The lowest BCUT2D eigenvalue weighted by Crippen LogP contribution is -2.30. The van der Waals surface area contributed by atoms with Crippen molar-refractivity contribution < 1.29 is 22.9 Å². The molecule has 0 saturated heterocycles. The maximum atomic E-state index is 13.2. The van der Waals surface area contributed by atoms with Gasteiger partial charge in [0.05, 0.1) is 19.4 Å². The molecular weight excluding hydrogens is 377 g/mol. The highest BCUT2D eigenvalue weighted by molar-refractivity contribution is 5.94. The number of carbonyl (C=O) groups is 2. The quantitative estimate of drug-likeness (QED) is 0.629. The van der Waals surface area contributed by atoms with E-state index in [0.29, 0.717) is 29.5 Å². The Labute approximate surface area is 166 Å². The van der Waals surface area contributed by atoms with Gasteiger partial charge in [0.15, 0.2) is 11.5 Å². The third-order valence-electron chi connectivity index (χ3n) is 4.69. The maximum absolute atomic E-state index is 13.2. The molecule has 1 aliphatic carbocycles. The number of nitrogens with one attached hydrogen (secondary N) is 1. The molecular formula is C21H20FN3O4. The molecule has 1 fully saturated rings. The van der Waals surface area contributed by atoms with Crippen molar-refractivity contribution in [2.75, 3.05) is 6.54 Å². The fraction of sp³-hybridized carbons (Fsp3) is 0.286. The summed E-state index contributed by atoms with van der Waals surface area (Å²) in [4.78, 5) is 26.6. The number of carbonyl (C=O) groups excluding carboxylic acids is 2. The highest BCUT2D eigenvalue weighted by Crippen LogP contribution is 2.27. The molecule has 0 aliphatic heterocycles. The van der Waals surface area contributed by atoms with Crippen molar-refractivity contribution in [2.45, 2.75) is 25.9 Å². The molecule has 1 saturated carbocycles. The van der Waals surface area contributed by atoms with Crippen LogP contribution in [0.4, 0.5) is 4.39 Å². The van der Waals surface area contributed by atoms with E-state index in [1.165, 1.54) is 41.5 Å². The van der Waals surface area contributed by atoms with E-state index in [1.807, 2.05) is 0 Å². The van der Waals surface area contributed by atoms with Crippen molar-refractivity contribution in [1.29, 1.82) is 0 Å². The molecule has 1 aliphatic rings. The molecule has 2 heterocycles. The molecule has 2 aromatic heterocycles. The predicted molar refractivity (Wildman–Crippen MR) is 100 cm³/mol. The summed E-state index contributed by atoms with van der Waals surface area (Å²) in [5.74, 6) is 0.469. The molecule has 8 heteroatoms. The summed E-state index contributed by atoms with van der Waals surface area (Å²) in [6, 6.07) is 10.3. The summed E-state index contributed by atoms with van der Waals surface area (Å²) >= 11 is 0. The highest BCUT2D eigenvalue weighted by atomic mass is 19.1. The summed E-state index contributed by atoms with van der Waals surface area (Å²) in [6.45, 7) is 0.904. The lowest BCUT2D eigenvalue weighted by molar-refractivity contribution is 0.0700. The molecule has 0 radical (unpaired) electrons. The van der Waals surface area contributed by atoms with Crippen molar-refractivity contribution in [3.05, 3.63) is 77.3 Å². The van der Waals surface area contributed by atoms with E-state index in [2.05, 4.69) is 10.5 Å². The number of furan rings is 1. The van der Waals surface area contributed by atoms with Gasteiger partial charge < -0.3 is 19.2 Å². The average Bonchev–Trinajstić information content (AvgIpc) is 3.19. The van der Waals surface area contributed by atoms with Crippen LogP contribution in [0, 0.1) is 11.7 Å². The fourth-order valence-electron chi connectivity index (χ4n) is 2.90. The summed E-state index contributed by atoms with van der Waals surface area (Å²) in [6.07, 6.45) is 3.79. The van der Waals surface area contributed by atoms with Gasteiger partial charge in [-0.25, -0.2) is 4.39 Å². The van der Waals surface area contributed by atoms with Gasteiger partial charge in [-0.05, 0) is 55.2 Å². The first-order valence-electron chi connectivity index (χ1n) is 9.39. The van der Waals surface area contributed by atoms with Gasteiger partial charge in [0.2, 0.25) is 0 Å². The second kappa shape index (κ2) is 8.30. The first-order chi connectivity index (χ1) is 14.1. The molecule has 0 atom stereocenters. The van der Waals surface area contributed by atoms with Gasteiger partial charge in [0, 0.05) is 18.2 Å². The van der Waals surface area contributed by atoms with Crippen LogP contribution < -0.4 is 5.32 Å². The van der Waals surface area contributed by atoms with Gasteiger partial charge >= 0.3 is 0 Å². The van der Waals surface area contributed by atoms with Crippen molar-refractivity contribution in [2.24, 2.45) is 5.92 Å². The molecule has 29 heavy (non-hydrogen) atoms. The first-order valence-corrected chi connectivity index (χ1v) is 9.39. The van der Waals surface area contributed by atoms with Crippen molar-refractivity contribution >= 4 is 11.8 Å². The number of benzene rings is 1. The van der Waals surface area contributed by atoms with Gasteiger partial charge in [-0.15, -0.1) is 0 Å². The number of amides is 2. The standard InChI is InChI=1S/C21H20FN3O4/c22-16-7-5-15(6-8-16)21(27)25(12-17-2-1-9-28-17)13-18-10-19(24-29-18)20(26)23-11-14-3-4-14/h1-2,5-10,14H,3-4,11-13H2,(H,23,26). The Morgan fingerprint density at radius 1 is 1.14 bits per heavy atom. The monoisotopic (exact) mass is 397 g/mol. The van der Waals surface area contributed by atoms with Crippen LogP contribution in [0.3, 0.4) is 0 Å². The van der Waals surface area contributed by atoms with Crippen molar-refractivity contribution in [1.82, 2.24) is 15.4 Å². The minimum atomic E-state index is -0.420. The predicted octanol–water partition coefficient (Wildman–Crippen LogP) is 3.39. The Balaban J connectivity index is 1.48. The largest absolute Gasteiger partial charge is 0.467 e. The van der Waals surface area contributed by atoms with E-state index >= 15 is 0 Å². The summed E-state index contributed by atoms with van der Waals surface area (Å²) in [7, 11) is 0. The molecule has 0 unspecified atom stereocenters. The van der Waals surface area contributed by atoms with Crippen LogP contribution >= 0.6 is 0 Å². The first kappa shape index (κ1) is 18.9. The van der Waals surface area contributed by atoms with Crippen LogP contribution in [-0.2, 0) is 13.1 Å². The fourth-order valence-corrected chi connectivity index (χ4v) is 2.90. The molecule has 1 aromatic carbocycles. The molecule has 3 aromatic rings. The van der Waals surface area contributed by atoms with Gasteiger partial charge in [-0.3, -0.25) is 9.59 Å². The Morgan fingerprint density at radius 2 is 1.90 bits per heavy atom. The van der Waals surface area contributed by atoms with E-state index in [1.54, 1.807) is 12.1 Å². The molecule has 4 rings (SSSR count). The van der Waals surface area contributed by atoms with Gasteiger partial charge in [-0.2, -0.15) is 0 Å². The Bertz CT molecular complexity index is 978. The van der Waals surface area contributed by atoms with Crippen molar-refractivity contribution in [3.8, 4) is 0 Å². The molecule has 7 nitrogen and oxygen atoms in total. The lowest BCUT2D eigenvalue weighted by Gasteiger charge is -2.20. The molecule has 0 spiro atoms. The zero-order chi connectivity index (χ0) is 20.2. The SMILES string of the molecule is O=C(NCC1CC1)c1cc(CN(Cc2ccco2)C(=O)c2ccc(F)cc2)on1. The normalized spacial score (nSPS) is 13.3. The highest BCUT2D eigenvalue weighted by Gasteiger charge is 2.24. The summed E-state index contributed by atoms with van der Waals surface area (Å²) in [5.41, 5.74) is 0.507. The van der Waals surface area contributed by atoms with Gasteiger partial charge in [-0.1, -0.05) is 5.16 Å². The number of nitrogens with zero attached hydrogens (tertiary/aromatic N) is 2. The number of rotatable bonds is 8. The van der Waals surface area contributed by atoms with E-state index < -0.39 is 5.82 Å². The van der Waals surface area contributed by atoms with Gasteiger partial charge in [0.25, 0.3) is 11.8 Å². The lowest BCUT2D eigenvalue weighted by atomic mass is 10.2. The number of aromatic nitrogens is 1. The van der Waals surface area contributed by atoms with Gasteiger partial charge in [0.1, 0.15) is 11.6 Å². The third-order valence-corrected chi connectivity index (χ3v) is 4.69.